The van der Waals surface area contributed by atoms with Gasteiger partial charge in [0.1, 0.15) is 23.0 Å². The number of fused-ring (bicyclic) bond motifs is 1. The van der Waals surface area contributed by atoms with Crippen LogP contribution in [-0.4, -0.2) is 51.5 Å². The smallest absolute Gasteiger partial charge is 0.204 e. The van der Waals surface area contributed by atoms with Crippen molar-refractivity contribution < 1.29 is 4.74 Å². The van der Waals surface area contributed by atoms with Crippen molar-refractivity contribution >= 4 is 22.9 Å². The molecule has 0 radical (unpaired) electrons. The lowest BCUT2D eigenvalue weighted by atomic mass is 10.0. The quantitative estimate of drug-likeness (QED) is 0.422. The number of ether oxygens (including phenoxy) is 1. The van der Waals surface area contributed by atoms with Crippen LogP contribution in [0.5, 0.6) is 5.75 Å². The number of para-hydroxylation sites is 1. The fraction of sp³-hybridized carbons (Fsp3) is 0.423. The number of methoxy groups -OCH3 is 1. The molecule has 1 aromatic carbocycles. The molecule has 3 aromatic rings. The highest BCUT2D eigenvalue weighted by molar-refractivity contribution is 6.54. The number of hydrogen-bond acceptors (Lipinski definition) is 7. The summed E-state index contributed by atoms with van der Waals surface area (Å²) in [6.45, 7) is 10.3. The number of pyridine rings is 1. The molecule has 0 aliphatic carbocycles. The van der Waals surface area contributed by atoms with Crippen LogP contribution in [0, 0.1) is 13.8 Å². The summed E-state index contributed by atoms with van der Waals surface area (Å²) in [4.78, 5) is 18.4. The maximum Gasteiger partial charge on any atom is 0.204 e. The largest absolute Gasteiger partial charge is 0.496 e. The molecular formula is C26H33N7O. The lowest BCUT2D eigenvalue weighted by molar-refractivity contribution is 0.414. The number of hydrogen-bond donors (Lipinski definition) is 0. The summed E-state index contributed by atoms with van der Waals surface area (Å²) in [5, 5.41) is 9.10. The van der Waals surface area contributed by atoms with Gasteiger partial charge in [0.2, 0.25) is 5.82 Å². The molecule has 0 atom stereocenters. The van der Waals surface area contributed by atoms with Gasteiger partial charge in [0.15, 0.2) is 5.82 Å². The number of benzene rings is 1. The molecule has 34 heavy (non-hydrogen) atoms. The second-order valence-corrected chi connectivity index (χ2v) is 8.45. The minimum Gasteiger partial charge on any atom is -0.496 e. The lowest BCUT2D eigenvalue weighted by Crippen LogP contribution is -2.26. The number of nitrogens with zero attached hydrogens (tertiary/aromatic N) is 7. The predicted octanol–water partition coefficient (Wildman–Crippen LogP) is 5.09. The predicted molar refractivity (Wildman–Crippen MR) is 137 cm³/mol. The molecule has 8 heteroatoms. The Morgan fingerprint density at radius 1 is 0.971 bits per heavy atom. The van der Waals surface area contributed by atoms with Crippen molar-refractivity contribution in [3.8, 4) is 5.75 Å². The van der Waals surface area contributed by atoms with E-state index in [1.165, 1.54) is 12.8 Å². The van der Waals surface area contributed by atoms with Gasteiger partial charge in [0.25, 0.3) is 0 Å². The normalized spacial score (nSPS) is 13.8. The number of aryl methyl sites for hydroxylation is 2. The van der Waals surface area contributed by atoms with Crippen LogP contribution in [0.4, 0.5) is 11.5 Å². The van der Waals surface area contributed by atoms with E-state index in [4.69, 9.17) is 19.8 Å². The fourth-order valence-electron chi connectivity index (χ4n) is 3.99. The number of unbranched alkanes of at least 4 members (excludes halogenated alkanes) is 2. The summed E-state index contributed by atoms with van der Waals surface area (Å²) >= 11 is 0. The topological polar surface area (TPSA) is 80.8 Å². The van der Waals surface area contributed by atoms with E-state index >= 15 is 0 Å². The molecular weight excluding hydrogens is 426 g/mol. The molecule has 0 N–H and O–H groups in total. The Balaban J connectivity index is 1.73. The Labute approximate surface area is 201 Å². The zero-order chi connectivity index (χ0) is 24.1. The van der Waals surface area contributed by atoms with Crippen LogP contribution >= 0.6 is 0 Å². The van der Waals surface area contributed by atoms with E-state index in [9.17, 15) is 0 Å². The highest BCUT2D eigenvalue weighted by atomic mass is 16.5. The van der Waals surface area contributed by atoms with Crippen LogP contribution in [0.15, 0.2) is 46.5 Å². The first kappa shape index (κ1) is 23.6. The Bertz CT molecular complexity index is 1200. The van der Waals surface area contributed by atoms with Crippen LogP contribution < -0.4 is 9.64 Å². The summed E-state index contributed by atoms with van der Waals surface area (Å²) in [6.07, 6.45) is 4.64. The van der Waals surface area contributed by atoms with Gasteiger partial charge in [0.05, 0.1) is 18.5 Å². The Hall–Kier alpha value is -3.55. The van der Waals surface area contributed by atoms with Crippen molar-refractivity contribution in [3.63, 3.8) is 0 Å². The third kappa shape index (κ3) is 4.85. The van der Waals surface area contributed by atoms with Gasteiger partial charge in [-0.05, 0) is 51.0 Å². The van der Waals surface area contributed by atoms with Crippen molar-refractivity contribution in [2.24, 2.45) is 10.1 Å². The molecule has 0 spiro atoms. The van der Waals surface area contributed by atoms with Gasteiger partial charge in [0, 0.05) is 18.7 Å². The number of rotatable bonds is 10. The van der Waals surface area contributed by atoms with E-state index in [1.807, 2.05) is 44.2 Å². The minimum absolute atomic E-state index is 0.620. The van der Waals surface area contributed by atoms with Crippen molar-refractivity contribution in [1.29, 1.82) is 0 Å². The maximum absolute atomic E-state index is 5.58. The number of aromatic nitrogens is 4. The second-order valence-electron chi connectivity index (χ2n) is 8.45. The van der Waals surface area contributed by atoms with E-state index in [0.717, 1.165) is 54.4 Å². The fourth-order valence-corrected chi connectivity index (χ4v) is 3.99. The number of anilines is 1. The highest BCUT2D eigenvalue weighted by Gasteiger charge is 2.29. The van der Waals surface area contributed by atoms with Crippen LogP contribution in [-0.2, 0) is 0 Å². The van der Waals surface area contributed by atoms with Gasteiger partial charge in [-0.2, -0.15) is 0 Å². The van der Waals surface area contributed by atoms with Crippen LogP contribution in [0.25, 0.3) is 0 Å². The van der Waals surface area contributed by atoms with Gasteiger partial charge in [-0.3, -0.25) is 0 Å². The summed E-state index contributed by atoms with van der Waals surface area (Å²) in [5.41, 5.74) is 3.86. The van der Waals surface area contributed by atoms with E-state index in [0.29, 0.717) is 23.1 Å². The molecule has 8 nitrogen and oxygen atoms in total. The van der Waals surface area contributed by atoms with Crippen LogP contribution in [0.2, 0.25) is 0 Å². The number of aliphatic imine (C=N–C) groups is 1. The first-order valence-corrected chi connectivity index (χ1v) is 12.0. The molecule has 178 valence electrons. The standard InChI is InChI=1S/C26H33N7O/c1-6-8-16-32(17-9-7-2)23-15-14-21(18(3)27-23)29-25-24(20-12-10-11-13-22(20)34-5)31-33-26(25)28-19(4)30-33/h10-15H,6-9,16-17H2,1-5H3/b29-25-. The minimum atomic E-state index is 0.620. The van der Waals surface area contributed by atoms with Crippen LogP contribution in [0.3, 0.4) is 0 Å². The average Bonchev–Trinajstić information content (AvgIpc) is 3.36. The lowest BCUT2D eigenvalue weighted by Gasteiger charge is -2.24. The van der Waals surface area contributed by atoms with Gasteiger partial charge in [-0.1, -0.05) is 38.8 Å². The Morgan fingerprint density at radius 2 is 1.71 bits per heavy atom. The molecule has 4 rings (SSSR count). The van der Waals surface area contributed by atoms with Gasteiger partial charge in [-0.25, -0.2) is 15.0 Å². The molecule has 0 bridgehead atoms. The molecule has 0 saturated carbocycles. The first-order chi connectivity index (χ1) is 16.5. The molecule has 0 saturated heterocycles. The van der Waals surface area contributed by atoms with E-state index in [1.54, 1.807) is 11.9 Å². The maximum atomic E-state index is 5.58. The van der Waals surface area contributed by atoms with E-state index < -0.39 is 0 Å². The van der Waals surface area contributed by atoms with Gasteiger partial charge < -0.3 is 9.64 Å². The molecule has 1 aliphatic heterocycles. The zero-order valence-corrected chi connectivity index (χ0v) is 20.7. The van der Waals surface area contributed by atoms with E-state index in [2.05, 4.69) is 34.9 Å². The molecule has 1 aliphatic rings. The molecule has 3 heterocycles. The Kier molecular flexibility index (Phi) is 7.35. The molecule has 2 aromatic heterocycles. The van der Waals surface area contributed by atoms with Crippen molar-refractivity contribution in [1.82, 2.24) is 19.9 Å². The summed E-state index contributed by atoms with van der Waals surface area (Å²) in [6, 6.07) is 11.9. The summed E-state index contributed by atoms with van der Waals surface area (Å²) in [5.74, 6) is 3.00. The monoisotopic (exact) mass is 459 g/mol. The SMILES string of the molecule is CCCCN(CCCC)c1ccc(/N=C2/C(c3ccccc3OC)=Nn3nc(C)nc32)c(C)n1. The average molecular weight is 460 g/mol. The molecule has 0 unspecified atom stereocenters. The van der Waals surface area contributed by atoms with E-state index in [-0.39, 0.29) is 0 Å². The molecule has 0 fully saturated rings. The zero-order valence-electron chi connectivity index (χ0n) is 20.7. The third-order valence-corrected chi connectivity index (χ3v) is 5.85. The van der Waals surface area contributed by atoms with Gasteiger partial charge >= 0.3 is 0 Å². The first-order valence-electron chi connectivity index (χ1n) is 12.0. The molecule has 0 amide bonds. The van der Waals surface area contributed by atoms with Crippen molar-refractivity contribution in [2.45, 2.75) is 53.4 Å². The summed E-state index contributed by atoms with van der Waals surface area (Å²) < 4.78 is 5.58. The van der Waals surface area contributed by atoms with Crippen LogP contribution in [0.1, 0.15) is 62.4 Å². The Morgan fingerprint density at radius 3 is 2.38 bits per heavy atom. The van der Waals surface area contributed by atoms with Crippen molar-refractivity contribution in [3.05, 3.63) is 59.3 Å². The second kappa shape index (κ2) is 10.6. The highest BCUT2D eigenvalue weighted by Crippen LogP contribution is 2.28. The van der Waals surface area contributed by atoms with Gasteiger partial charge in [-0.15, -0.1) is 15.0 Å². The van der Waals surface area contributed by atoms with Crippen molar-refractivity contribution in [2.75, 3.05) is 25.1 Å². The summed E-state index contributed by atoms with van der Waals surface area (Å²) in [7, 11) is 1.65. The third-order valence-electron chi connectivity index (χ3n) is 5.85.